The summed E-state index contributed by atoms with van der Waals surface area (Å²) < 4.78 is 6.30. The van der Waals surface area contributed by atoms with Crippen LogP contribution in [0.1, 0.15) is 24.2 Å². The van der Waals surface area contributed by atoms with Crippen LogP contribution in [-0.4, -0.2) is 43.5 Å². The fourth-order valence-electron chi connectivity index (χ4n) is 1.62. The van der Waals surface area contributed by atoms with E-state index in [1.807, 2.05) is 31.2 Å². The number of carbonyl (C=O) groups excluding carboxylic acids is 1. The van der Waals surface area contributed by atoms with Crippen LogP contribution in [0.4, 0.5) is 0 Å². The van der Waals surface area contributed by atoms with E-state index in [-0.39, 0.29) is 5.78 Å². The Hall–Kier alpha value is -0.710. The first-order chi connectivity index (χ1) is 8.67. The van der Waals surface area contributed by atoms with Crippen molar-refractivity contribution in [3.63, 3.8) is 0 Å². The molecule has 1 aromatic rings. The minimum atomic E-state index is 0.154. The van der Waals surface area contributed by atoms with Crippen LogP contribution in [0.25, 0.3) is 0 Å². The number of ether oxygens (including phenoxy) is 1. The number of likely N-dealkylation sites (N-methyl/N-ethyl adjacent to an activating group) is 1. The van der Waals surface area contributed by atoms with Crippen molar-refractivity contribution in [1.82, 2.24) is 4.90 Å². The minimum Gasteiger partial charge on any atom is -0.380 e. The van der Waals surface area contributed by atoms with Gasteiger partial charge < -0.3 is 4.74 Å². The Bertz CT molecular complexity index is 365. The maximum atomic E-state index is 12.1. The predicted octanol–water partition coefficient (Wildman–Crippen LogP) is 2.99. The molecule has 4 heteroatoms. The zero-order valence-electron chi connectivity index (χ0n) is 11.0. The summed E-state index contributed by atoms with van der Waals surface area (Å²) in [5.74, 6) is 0.154. The van der Waals surface area contributed by atoms with Crippen LogP contribution in [0.15, 0.2) is 28.7 Å². The molecule has 0 amide bonds. The molecule has 18 heavy (non-hydrogen) atoms. The van der Waals surface area contributed by atoms with Gasteiger partial charge in [-0.2, -0.15) is 0 Å². The minimum absolute atomic E-state index is 0.154. The number of halogens is 1. The van der Waals surface area contributed by atoms with Crippen LogP contribution in [0.5, 0.6) is 0 Å². The van der Waals surface area contributed by atoms with Crippen molar-refractivity contribution in [2.45, 2.75) is 13.8 Å². The highest BCUT2D eigenvalue weighted by molar-refractivity contribution is 9.10. The van der Waals surface area contributed by atoms with Gasteiger partial charge >= 0.3 is 0 Å². The van der Waals surface area contributed by atoms with Gasteiger partial charge in [-0.05, 0) is 25.6 Å². The average molecular weight is 314 g/mol. The second-order valence-corrected chi connectivity index (χ2v) is 4.91. The lowest BCUT2D eigenvalue weighted by Crippen LogP contribution is -2.32. The van der Waals surface area contributed by atoms with Gasteiger partial charge in [-0.15, -0.1) is 0 Å². The lowest BCUT2D eigenvalue weighted by atomic mass is 10.1. The molecule has 0 saturated carbocycles. The van der Waals surface area contributed by atoms with Crippen molar-refractivity contribution in [2.24, 2.45) is 0 Å². The molecule has 0 fully saturated rings. The van der Waals surface area contributed by atoms with E-state index in [2.05, 4.69) is 27.8 Å². The van der Waals surface area contributed by atoms with Crippen molar-refractivity contribution < 1.29 is 9.53 Å². The lowest BCUT2D eigenvalue weighted by Gasteiger charge is -2.19. The Morgan fingerprint density at radius 2 is 1.94 bits per heavy atom. The molecule has 0 atom stereocenters. The molecule has 0 spiro atoms. The van der Waals surface area contributed by atoms with E-state index in [0.717, 1.165) is 29.7 Å². The zero-order chi connectivity index (χ0) is 13.4. The van der Waals surface area contributed by atoms with Crippen LogP contribution >= 0.6 is 15.9 Å². The third-order valence-corrected chi connectivity index (χ3v) is 3.27. The number of Topliss-reactive ketones (excluding diaryl/α,β-unsaturated/α-hetero) is 1. The van der Waals surface area contributed by atoms with Crippen molar-refractivity contribution in [2.75, 3.05) is 32.8 Å². The molecular weight excluding hydrogens is 294 g/mol. The molecule has 0 aliphatic heterocycles. The topological polar surface area (TPSA) is 29.5 Å². The highest BCUT2D eigenvalue weighted by Gasteiger charge is 2.10. The standard InChI is InChI=1S/C14H20BrNO2/c1-3-16(9-10-18-4-2)11-14(17)12-5-7-13(15)8-6-12/h5-8H,3-4,9-11H2,1-2H3. The number of nitrogens with zero attached hydrogens (tertiary/aromatic N) is 1. The van der Waals surface area contributed by atoms with Crippen molar-refractivity contribution >= 4 is 21.7 Å². The second-order valence-electron chi connectivity index (χ2n) is 4.00. The predicted molar refractivity (Wildman–Crippen MR) is 77.1 cm³/mol. The van der Waals surface area contributed by atoms with Crippen LogP contribution in [0.3, 0.4) is 0 Å². The molecule has 3 nitrogen and oxygen atoms in total. The van der Waals surface area contributed by atoms with Crippen molar-refractivity contribution in [3.05, 3.63) is 34.3 Å². The lowest BCUT2D eigenvalue weighted by molar-refractivity contribution is 0.0867. The first kappa shape index (κ1) is 15.3. The van der Waals surface area contributed by atoms with Crippen LogP contribution in [0, 0.1) is 0 Å². The highest BCUT2D eigenvalue weighted by atomic mass is 79.9. The normalized spacial score (nSPS) is 10.9. The smallest absolute Gasteiger partial charge is 0.176 e. The number of hydrogen-bond donors (Lipinski definition) is 0. The summed E-state index contributed by atoms with van der Waals surface area (Å²) in [5, 5.41) is 0. The zero-order valence-corrected chi connectivity index (χ0v) is 12.6. The van der Waals surface area contributed by atoms with Gasteiger partial charge in [0.2, 0.25) is 0 Å². The SMILES string of the molecule is CCOCCN(CC)CC(=O)c1ccc(Br)cc1. The summed E-state index contributed by atoms with van der Waals surface area (Å²) in [6, 6.07) is 7.49. The highest BCUT2D eigenvalue weighted by Crippen LogP contribution is 2.11. The number of benzene rings is 1. The third-order valence-electron chi connectivity index (χ3n) is 2.74. The van der Waals surface area contributed by atoms with Crippen molar-refractivity contribution in [3.8, 4) is 0 Å². The van der Waals surface area contributed by atoms with Gasteiger partial charge in [0, 0.05) is 23.2 Å². The molecule has 0 heterocycles. The van der Waals surface area contributed by atoms with E-state index < -0.39 is 0 Å². The van der Waals surface area contributed by atoms with E-state index in [0.29, 0.717) is 13.2 Å². The van der Waals surface area contributed by atoms with Gasteiger partial charge in [0.15, 0.2) is 5.78 Å². The Kier molecular flexibility index (Phi) is 7.16. The Balaban J connectivity index is 2.48. The number of rotatable bonds is 8. The molecule has 1 aromatic carbocycles. The van der Waals surface area contributed by atoms with Gasteiger partial charge in [0.1, 0.15) is 0 Å². The summed E-state index contributed by atoms with van der Waals surface area (Å²) in [7, 11) is 0. The maximum absolute atomic E-state index is 12.1. The second kappa shape index (κ2) is 8.40. The third kappa shape index (κ3) is 5.29. The molecule has 0 saturated heterocycles. The number of ketones is 1. The van der Waals surface area contributed by atoms with Crippen LogP contribution in [-0.2, 0) is 4.74 Å². The fourth-order valence-corrected chi connectivity index (χ4v) is 1.88. The molecule has 0 radical (unpaired) electrons. The molecule has 0 aromatic heterocycles. The first-order valence-electron chi connectivity index (χ1n) is 6.26. The van der Waals surface area contributed by atoms with Gasteiger partial charge in [0.05, 0.1) is 13.2 Å². The van der Waals surface area contributed by atoms with Crippen LogP contribution in [0.2, 0.25) is 0 Å². The Morgan fingerprint density at radius 3 is 2.50 bits per heavy atom. The molecule has 100 valence electrons. The summed E-state index contributed by atoms with van der Waals surface area (Å²) in [4.78, 5) is 14.2. The summed E-state index contributed by atoms with van der Waals surface area (Å²) in [6.07, 6.45) is 0. The monoisotopic (exact) mass is 313 g/mol. The maximum Gasteiger partial charge on any atom is 0.176 e. The molecular formula is C14H20BrNO2. The molecule has 0 N–H and O–H groups in total. The molecule has 1 rings (SSSR count). The van der Waals surface area contributed by atoms with E-state index in [4.69, 9.17) is 4.74 Å². The first-order valence-corrected chi connectivity index (χ1v) is 7.05. The number of hydrogen-bond acceptors (Lipinski definition) is 3. The van der Waals surface area contributed by atoms with Gasteiger partial charge in [-0.1, -0.05) is 35.0 Å². The van der Waals surface area contributed by atoms with Crippen LogP contribution < -0.4 is 0 Å². The number of carbonyl (C=O) groups is 1. The molecule has 0 aliphatic carbocycles. The van der Waals surface area contributed by atoms with E-state index in [1.165, 1.54) is 0 Å². The summed E-state index contributed by atoms with van der Waals surface area (Å²) in [5.41, 5.74) is 0.757. The molecule has 0 aliphatic rings. The van der Waals surface area contributed by atoms with Crippen molar-refractivity contribution in [1.29, 1.82) is 0 Å². The van der Waals surface area contributed by atoms with Gasteiger partial charge in [0.25, 0.3) is 0 Å². The fraction of sp³-hybridized carbons (Fsp3) is 0.500. The summed E-state index contributed by atoms with van der Waals surface area (Å²) in [6.45, 7) is 7.54. The Morgan fingerprint density at radius 1 is 1.28 bits per heavy atom. The molecule has 0 bridgehead atoms. The molecule has 0 unspecified atom stereocenters. The van der Waals surface area contributed by atoms with Gasteiger partial charge in [-0.25, -0.2) is 0 Å². The van der Waals surface area contributed by atoms with E-state index in [1.54, 1.807) is 0 Å². The van der Waals surface area contributed by atoms with E-state index in [9.17, 15) is 4.79 Å². The quantitative estimate of drug-likeness (QED) is 0.546. The van der Waals surface area contributed by atoms with Gasteiger partial charge in [-0.3, -0.25) is 9.69 Å². The largest absolute Gasteiger partial charge is 0.380 e. The average Bonchev–Trinajstić information content (AvgIpc) is 2.38. The Labute approximate surface area is 117 Å². The van der Waals surface area contributed by atoms with E-state index >= 15 is 0 Å². The summed E-state index contributed by atoms with van der Waals surface area (Å²) >= 11 is 3.36.